The van der Waals surface area contributed by atoms with Gasteiger partial charge in [0, 0.05) is 25.7 Å². The van der Waals surface area contributed by atoms with Gasteiger partial charge in [-0.05, 0) is 6.42 Å². The van der Waals surface area contributed by atoms with Crippen molar-refractivity contribution in [3.05, 3.63) is 0 Å². The van der Waals surface area contributed by atoms with E-state index in [2.05, 4.69) is 4.74 Å². The first kappa shape index (κ1) is 15.5. The Morgan fingerprint density at radius 1 is 1.26 bits per heavy atom. The number of esters is 1. The number of aliphatic hydroxyl groups is 1. The molecule has 7 nitrogen and oxygen atoms in total. The molecule has 0 spiro atoms. The molecule has 0 aromatic carbocycles. The smallest absolute Gasteiger partial charge is 0.333 e. The maximum absolute atomic E-state index is 11.4. The molecule has 0 aliphatic carbocycles. The predicted octanol–water partition coefficient (Wildman–Crippen LogP) is 0.100. The third-order valence-electron chi connectivity index (χ3n) is 2.32. The summed E-state index contributed by atoms with van der Waals surface area (Å²) in [5, 5.41) is 9.27. The van der Waals surface area contributed by atoms with Gasteiger partial charge in [0.15, 0.2) is 0 Å². The molecule has 1 fully saturated rings. The normalized spacial score (nSPS) is 14.7. The number of carbonyl (C=O) groups is 3. The van der Waals surface area contributed by atoms with Crippen LogP contribution in [0.4, 0.5) is 0 Å². The van der Waals surface area contributed by atoms with Crippen LogP contribution in [-0.4, -0.2) is 46.2 Å². The third-order valence-corrected chi connectivity index (χ3v) is 2.68. The molecule has 0 atom stereocenters. The number of rotatable bonds is 7. The van der Waals surface area contributed by atoms with E-state index in [-0.39, 0.29) is 44.8 Å². The predicted molar refractivity (Wildman–Crippen MR) is 66.7 cm³/mol. The highest BCUT2D eigenvalue weighted by Gasteiger charge is 2.29. The SMILES string of the molecule is O=C(CCCC(=O)ON1C(=O)CCC1=S)OCCO. The van der Waals surface area contributed by atoms with Gasteiger partial charge in [0.1, 0.15) is 11.6 Å². The quantitative estimate of drug-likeness (QED) is 0.525. The van der Waals surface area contributed by atoms with Gasteiger partial charge in [-0.3, -0.25) is 9.59 Å². The second kappa shape index (κ2) is 7.80. The highest BCUT2D eigenvalue weighted by atomic mass is 32.1. The largest absolute Gasteiger partial charge is 0.463 e. The zero-order chi connectivity index (χ0) is 14.3. The monoisotopic (exact) mass is 289 g/mol. The number of hydrogen-bond acceptors (Lipinski definition) is 7. The number of aliphatic hydroxyl groups excluding tert-OH is 1. The molecule has 106 valence electrons. The first-order valence-electron chi connectivity index (χ1n) is 5.87. The van der Waals surface area contributed by atoms with Crippen LogP contribution in [0.3, 0.4) is 0 Å². The van der Waals surface area contributed by atoms with Gasteiger partial charge >= 0.3 is 11.9 Å². The minimum absolute atomic E-state index is 0.0133. The first-order chi connectivity index (χ1) is 9.04. The Balaban J connectivity index is 2.19. The van der Waals surface area contributed by atoms with E-state index in [9.17, 15) is 14.4 Å². The Morgan fingerprint density at radius 2 is 1.95 bits per heavy atom. The molecule has 0 unspecified atom stereocenters. The summed E-state index contributed by atoms with van der Waals surface area (Å²) in [6.07, 6.45) is 0.945. The molecule has 1 rings (SSSR count). The van der Waals surface area contributed by atoms with Crippen LogP contribution in [0.15, 0.2) is 0 Å². The van der Waals surface area contributed by atoms with E-state index in [1.165, 1.54) is 0 Å². The van der Waals surface area contributed by atoms with Crippen molar-refractivity contribution in [3.8, 4) is 0 Å². The molecule has 0 aromatic heterocycles. The van der Waals surface area contributed by atoms with Crippen LogP contribution in [0.1, 0.15) is 32.1 Å². The van der Waals surface area contributed by atoms with E-state index < -0.39 is 11.9 Å². The molecule has 1 N–H and O–H groups in total. The van der Waals surface area contributed by atoms with Crippen molar-refractivity contribution in [1.29, 1.82) is 0 Å². The van der Waals surface area contributed by atoms with Crippen LogP contribution in [0.25, 0.3) is 0 Å². The van der Waals surface area contributed by atoms with Gasteiger partial charge in [-0.15, -0.1) is 5.06 Å². The van der Waals surface area contributed by atoms with Crippen molar-refractivity contribution in [2.75, 3.05) is 13.2 Å². The van der Waals surface area contributed by atoms with E-state index in [0.717, 1.165) is 5.06 Å². The summed E-state index contributed by atoms with van der Waals surface area (Å²) in [7, 11) is 0. The molecule has 8 heteroatoms. The van der Waals surface area contributed by atoms with Crippen molar-refractivity contribution < 1.29 is 29.1 Å². The summed E-state index contributed by atoms with van der Waals surface area (Å²) in [4.78, 5) is 38.9. The van der Waals surface area contributed by atoms with E-state index in [4.69, 9.17) is 22.2 Å². The summed E-state index contributed by atoms with van der Waals surface area (Å²) in [5.74, 6) is -1.44. The zero-order valence-electron chi connectivity index (χ0n) is 10.3. The molecule has 1 heterocycles. The molecule has 19 heavy (non-hydrogen) atoms. The molecule has 0 bridgehead atoms. The number of carbonyl (C=O) groups excluding carboxylic acids is 3. The molecule has 1 aliphatic rings. The van der Waals surface area contributed by atoms with Crippen molar-refractivity contribution in [1.82, 2.24) is 5.06 Å². The molecular formula is C11H15NO6S. The second-order valence-corrected chi connectivity index (χ2v) is 4.31. The fourth-order valence-electron chi connectivity index (χ4n) is 1.41. The average Bonchev–Trinajstić information content (AvgIpc) is 2.68. The van der Waals surface area contributed by atoms with Crippen LogP contribution >= 0.6 is 12.2 Å². The highest BCUT2D eigenvalue weighted by Crippen LogP contribution is 2.14. The number of thiocarbonyl (C=S) groups is 1. The van der Waals surface area contributed by atoms with Gasteiger partial charge in [-0.25, -0.2) is 4.79 Å². The molecule has 1 amide bonds. The summed E-state index contributed by atoms with van der Waals surface area (Å²) >= 11 is 4.87. The Bertz CT molecular complexity index is 367. The van der Waals surface area contributed by atoms with Crippen molar-refractivity contribution in [2.45, 2.75) is 32.1 Å². The van der Waals surface area contributed by atoms with E-state index in [0.29, 0.717) is 11.4 Å². The van der Waals surface area contributed by atoms with Gasteiger partial charge in [-0.2, -0.15) is 0 Å². The first-order valence-corrected chi connectivity index (χ1v) is 6.28. The van der Waals surface area contributed by atoms with Gasteiger partial charge in [-0.1, -0.05) is 12.2 Å². The summed E-state index contributed by atoms with van der Waals surface area (Å²) in [5.41, 5.74) is 0. The number of hydroxylamine groups is 2. The number of ether oxygens (including phenoxy) is 1. The maximum atomic E-state index is 11.4. The molecule has 0 saturated carbocycles. The van der Waals surface area contributed by atoms with Crippen molar-refractivity contribution in [2.24, 2.45) is 0 Å². The molecule has 1 aliphatic heterocycles. The number of hydrogen-bond donors (Lipinski definition) is 1. The molecule has 0 radical (unpaired) electrons. The van der Waals surface area contributed by atoms with Gasteiger partial charge in [0.05, 0.1) is 6.61 Å². The lowest BCUT2D eigenvalue weighted by Gasteiger charge is -2.14. The number of nitrogens with zero attached hydrogens (tertiary/aromatic N) is 1. The average molecular weight is 289 g/mol. The second-order valence-electron chi connectivity index (χ2n) is 3.84. The Labute approximate surface area is 115 Å². The third kappa shape index (κ3) is 5.31. The fraction of sp³-hybridized carbons (Fsp3) is 0.636. The van der Waals surface area contributed by atoms with E-state index in [1.807, 2.05) is 0 Å². The van der Waals surface area contributed by atoms with Crippen LogP contribution in [0.5, 0.6) is 0 Å². The van der Waals surface area contributed by atoms with Gasteiger partial charge in [0.2, 0.25) is 0 Å². The Kier molecular flexibility index (Phi) is 6.37. The van der Waals surface area contributed by atoms with E-state index in [1.54, 1.807) is 0 Å². The number of amides is 1. The van der Waals surface area contributed by atoms with Gasteiger partial charge in [0.25, 0.3) is 5.91 Å². The van der Waals surface area contributed by atoms with Crippen LogP contribution in [-0.2, 0) is 24.0 Å². The standard InChI is InChI=1S/C11H15NO6S/c13-6-7-17-10(15)2-1-3-11(16)18-12-8(14)4-5-9(12)19/h13H,1-7H2. The summed E-state index contributed by atoms with van der Waals surface area (Å²) < 4.78 is 4.61. The van der Waals surface area contributed by atoms with Gasteiger partial charge < -0.3 is 14.7 Å². The maximum Gasteiger partial charge on any atom is 0.333 e. The van der Waals surface area contributed by atoms with Crippen LogP contribution in [0.2, 0.25) is 0 Å². The molecular weight excluding hydrogens is 274 g/mol. The van der Waals surface area contributed by atoms with Crippen LogP contribution in [0, 0.1) is 0 Å². The van der Waals surface area contributed by atoms with E-state index >= 15 is 0 Å². The summed E-state index contributed by atoms with van der Waals surface area (Å²) in [6, 6.07) is 0. The molecule has 1 saturated heterocycles. The zero-order valence-corrected chi connectivity index (χ0v) is 11.1. The lowest BCUT2D eigenvalue weighted by atomic mass is 10.2. The Morgan fingerprint density at radius 3 is 2.53 bits per heavy atom. The fourth-order valence-corrected chi connectivity index (χ4v) is 1.66. The van der Waals surface area contributed by atoms with Crippen molar-refractivity contribution in [3.63, 3.8) is 0 Å². The van der Waals surface area contributed by atoms with Crippen LogP contribution < -0.4 is 0 Å². The lowest BCUT2D eigenvalue weighted by molar-refractivity contribution is -0.180. The lowest BCUT2D eigenvalue weighted by Crippen LogP contribution is -2.31. The topological polar surface area (TPSA) is 93.1 Å². The summed E-state index contributed by atoms with van der Waals surface area (Å²) in [6.45, 7) is -0.290. The highest BCUT2D eigenvalue weighted by molar-refractivity contribution is 7.80. The minimum atomic E-state index is -0.618. The minimum Gasteiger partial charge on any atom is -0.463 e. The Hall–Kier alpha value is -1.54. The molecule has 0 aromatic rings. The van der Waals surface area contributed by atoms with Crippen molar-refractivity contribution >= 4 is 35.1 Å².